The highest BCUT2D eigenvalue weighted by atomic mass is 16.6. The van der Waals surface area contributed by atoms with E-state index in [-0.39, 0.29) is 22.9 Å². The van der Waals surface area contributed by atoms with Crippen molar-refractivity contribution in [2.24, 2.45) is 5.92 Å². The van der Waals surface area contributed by atoms with E-state index < -0.39 is 45.5 Å². The molecule has 0 saturated heterocycles. The number of phenolic OH excluding ortho intramolecular Hbond substituents is 1. The van der Waals surface area contributed by atoms with Crippen LogP contribution in [0.1, 0.15) is 29.8 Å². The first-order valence-electron chi connectivity index (χ1n) is 7.19. The Labute approximate surface area is 141 Å². The molecule has 0 atom stereocenters. The summed E-state index contributed by atoms with van der Waals surface area (Å²) in [5.41, 5.74) is -1.08. The molecule has 0 amide bonds. The van der Waals surface area contributed by atoms with E-state index in [4.69, 9.17) is 4.74 Å². The lowest BCUT2D eigenvalue weighted by molar-refractivity contribution is -0.385. The van der Waals surface area contributed by atoms with Crippen molar-refractivity contribution in [1.82, 2.24) is 0 Å². The maximum Gasteiger partial charge on any atom is 0.340 e. The average molecular weight is 349 g/mol. The number of aromatic hydroxyl groups is 2. The maximum atomic E-state index is 11.6. The van der Waals surface area contributed by atoms with Gasteiger partial charge in [-0.3, -0.25) is 14.9 Å². The lowest BCUT2D eigenvalue weighted by Crippen LogP contribution is -2.12. The van der Waals surface area contributed by atoms with Gasteiger partial charge < -0.3 is 20.1 Å². The molecule has 2 aromatic carbocycles. The van der Waals surface area contributed by atoms with E-state index in [0.717, 1.165) is 12.1 Å². The molecule has 0 radical (unpaired) electrons. The lowest BCUT2D eigenvalue weighted by Gasteiger charge is -2.11. The standard InChI is InChI=1S/C16H15NO8/c1-7(2)16(22)25-6-9-3-8-4-12(18)14(19)13(15(20)21)10(8)5-11(9)17(23)24/h3-5,7,18-19H,6H2,1-2H3,(H,20,21). The third-order valence-corrected chi connectivity index (χ3v) is 3.54. The van der Waals surface area contributed by atoms with Crippen molar-refractivity contribution in [1.29, 1.82) is 0 Å². The predicted molar refractivity (Wildman–Crippen MR) is 85.5 cm³/mol. The van der Waals surface area contributed by atoms with E-state index in [2.05, 4.69) is 0 Å². The zero-order valence-corrected chi connectivity index (χ0v) is 13.3. The van der Waals surface area contributed by atoms with Gasteiger partial charge in [0.1, 0.15) is 12.2 Å². The number of carbonyl (C=O) groups excluding carboxylic acids is 1. The van der Waals surface area contributed by atoms with Crippen LogP contribution < -0.4 is 0 Å². The Morgan fingerprint density at radius 1 is 1.24 bits per heavy atom. The van der Waals surface area contributed by atoms with Crippen LogP contribution in [-0.2, 0) is 16.1 Å². The molecule has 0 aliphatic heterocycles. The molecule has 0 bridgehead atoms. The number of hydrogen-bond donors (Lipinski definition) is 3. The number of carboxylic acid groups (broad SMARTS) is 1. The summed E-state index contributed by atoms with van der Waals surface area (Å²) >= 11 is 0. The fourth-order valence-electron chi connectivity index (χ4n) is 2.28. The molecular weight excluding hydrogens is 334 g/mol. The van der Waals surface area contributed by atoms with Gasteiger partial charge in [0.25, 0.3) is 5.69 Å². The molecule has 0 fully saturated rings. The summed E-state index contributed by atoms with van der Waals surface area (Å²) in [7, 11) is 0. The normalized spacial score (nSPS) is 10.8. The monoisotopic (exact) mass is 349 g/mol. The summed E-state index contributed by atoms with van der Waals surface area (Å²) in [6.45, 7) is 2.83. The summed E-state index contributed by atoms with van der Waals surface area (Å²) in [6.07, 6.45) is 0. The predicted octanol–water partition coefficient (Wildman–Crippen LogP) is 2.56. The smallest absolute Gasteiger partial charge is 0.340 e. The molecule has 2 rings (SSSR count). The van der Waals surface area contributed by atoms with Gasteiger partial charge in [-0.15, -0.1) is 0 Å². The Balaban J connectivity index is 2.66. The molecular formula is C16H15NO8. The fraction of sp³-hybridized carbons (Fsp3) is 0.250. The van der Waals surface area contributed by atoms with Crippen LogP contribution in [0.4, 0.5) is 5.69 Å². The third-order valence-electron chi connectivity index (χ3n) is 3.54. The fourth-order valence-corrected chi connectivity index (χ4v) is 2.28. The van der Waals surface area contributed by atoms with Gasteiger partial charge in [-0.25, -0.2) is 4.79 Å². The van der Waals surface area contributed by atoms with Crippen molar-refractivity contribution in [2.75, 3.05) is 0 Å². The average Bonchev–Trinajstić information content (AvgIpc) is 2.52. The second-order valence-electron chi connectivity index (χ2n) is 5.65. The molecule has 2 aromatic rings. The SMILES string of the molecule is CC(C)C(=O)OCc1cc2cc(O)c(O)c(C(=O)O)c2cc1[N+](=O)[O-]. The number of nitro benzene ring substituents is 1. The lowest BCUT2D eigenvalue weighted by atomic mass is 9.99. The molecule has 3 N–H and O–H groups in total. The Hall–Kier alpha value is -3.36. The molecule has 0 aliphatic rings. The van der Waals surface area contributed by atoms with Crippen molar-refractivity contribution in [3.63, 3.8) is 0 Å². The van der Waals surface area contributed by atoms with Crippen LogP contribution in [-0.4, -0.2) is 32.2 Å². The number of ether oxygens (including phenoxy) is 1. The van der Waals surface area contributed by atoms with Crippen LogP contribution in [0.15, 0.2) is 18.2 Å². The maximum absolute atomic E-state index is 11.6. The summed E-state index contributed by atoms with van der Waals surface area (Å²) in [6, 6.07) is 3.29. The number of esters is 1. The summed E-state index contributed by atoms with van der Waals surface area (Å²) in [5.74, 6) is -4.07. The molecule has 0 spiro atoms. The van der Waals surface area contributed by atoms with E-state index in [1.165, 1.54) is 6.07 Å². The quantitative estimate of drug-likeness (QED) is 0.323. The number of nitrogens with zero attached hydrogens (tertiary/aromatic N) is 1. The number of phenols is 2. The minimum atomic E-state index is -1.55. The summed E-state index contributed by atoms with van der Waals surface area (Å²) in [5, 5.41) is 39.9. The van der Waals surface area contributed by atoms with Crippen LogP contribution in [0.3, 0.4) is 0 Å². The van der Waals surface area contributed by atoms with Crippen LogP contribution in [0.5, 0.6) is 11.5 Å². The largest absolute Gasteiger partial charge is 0.504 e. The molecule has 9 nitrogen and oxygen atoms in total. The van der Waals surface area contributed by atoms with Gasteiger partial charge in [0.15, 0.2) is 11.5 Å². The first kappa shape index (κ1) is 18.0. The number of hydrogen-bond acceptors (Lipinski definition) is 7. The second kappa shape index (κ2) is 6.63. The number of carboxylic acids is 1. The number of aromatic carboxylic acids is 1. The molecule has 0 aliphatic carbocycles. The topological polar surface area (TPSA) is 147 Å². The molecule has 0 saturated carbocycles. The van der Waals surface area contributed by atoms with Gasteiger partial charge in [-0.2, -0.15) is 0 Å². The Kier molecular flexibility index (Phi) is 4.77. The van der Waals surface area contributed by atoms with Crippen molar-refractivity contribution >= 4 is 28.4 Å². The summed E-state index contributed by atoms with van der Waals surface area (Å²) < 4.78 is 4.99. The van der Waals surface area contributed by atoms with Crippen LogP contribution in [0, 0.1) is 16.0 Å². The van der Waals surface area contributed by atoms with E-state index in [1.54, 1.807) is 13.8 Å². The zero-order valence-electron chi connectivity index (χ0n) is 13.3. The number of carbonyl (C=O) groups is 2. The highest BCUT2D eigenvalue weighted by Gasteiger charge is 2.24. The Bertz CT molecular complexity index is 888. The van der Waals surface area contributed by atoms with Gasteiger partial charge in [0, 0.05) is 11.5 Å². The summed E-state index contributed by atoms with van der Waals surface area (Å²) in [4.78, 5) is 33.4. The van der Waals surface area contributed by atoms with Gasteiger partial charge in [-0.05, 0) is 17.5 Å². The van der Waals surface area contributed by atoms with Crippen LogP contribution in [0.25, 0.3) is 10.8 Å². The van der Waals surface area contributed by atoms with Crippen molar-refractivity contribution in [3.05, 3.63) is 39.4 Å². The van der Waals surface area contributed by atoms with E-state index in [1.807, 2.05) is 0 Å². The van der Waals surface area contributed by atoms with E-state index >= 15 is 0 Å². The van der Waals surface area contributed by atoms with Gasteiger partial charge >= 0.3 is 11.9 Å². The molecule has 25 heavy (non-hydrogen) atoms. The first-order chi connectivity index (χ1) is 11.6. The highest BCUT2D eigenvalue weighted by molar-refractivity contribution is 6.08. The van der Waals surface area contributed by atoms with Crippen LogP contribution >= 0.6 is 0 Å². The van der Waals surface area contributed by atoms with Crippen molar-refractivity contribution in [3.8, 4) is 11.5 Å². The van der Waals surface area contributed by atoms with Gasteiger partial charge in [-0.1, -0.05) is 13.8 Å². The minimum absolute atomic E-state index is 0.0351. The van der Waals surface area contributed by atoms with Crippen molar-refractivity contribution in [2.45, 2.75) is 20.5 Å². The second-order valence-corrected chi connectivity index (χ2v) is 5.65. The Morgan fingerprint density at radius 2 is 1.88 bits per heavy atom. The van der Waals surface area contributed by atoms with E-state index in [0.29, 0.717) is 0 Å². The Morgan fingerprint density at radius 3 is 2.40 bits per heavy atom. The van der Waals surface area contributed by atoms with Crippen molar-refractivity contribution < 1.29 is 34.6 Å². The van der Waals surface area contributed by atoms with E-state index in [9.17, 15) is 35.0 Å². The number of benzene rings is 2. The number of fused-ring (bicyclic) bond motifs is 1. The van der Waals surface area contributed by atoms with Gasteiger partial charge in [0.2, 0.25) is 0 Å². The highest BCUT2D eigenvalue weighted by Crippen LogP contribution is 2.38. The first-order valence-corrected chi connectivity index (χ1v) is 7.19. The van der Waals surface area contributed by atoms with Gasteiger partial charge in [0.05, 0.1) is 16.4 Å². The number of rotatable bonds is 5. The third kappa shape index (κ3) is 3.44. The zero-order chi connectivity index (χ0) is 18.9. The molecule has 9 heteroatoms. The number of nitro groups is 1. The molecule has 0 aromatic heterocycles. The molecule has 132 valence electrons. The van der Waals surface area contributed by atoms with Crippen LogP contribution in [0.2, 0.25) is 0 Å². The minimum Gasteiger partial charge on any atom is -0.504 e. The molecule has 0 heterocycles. The molecule has 0 unspecified atom stereocenters.